The molecule has 0 bridgehead atoms. The van der Waals surface area contributed by atoms with Crippen molar-refractivity contribution in [3.63, 3.8) is 0 Å². The number of hydrogen-bond acceptors (Lipinski definition) is 1. The van der Waals surface area contributed by atoms with Crippen molar-refractivity contribution >= 4 is 17.8 Å². The van der Waals surface area contributed by atoms with Gasteiger partial charge in [0.05, 0.1) is 0 Å². The Morgan fingerprint density at radius 3 is 2.50 bits per heavy atom. The van der Waals surface area contributed by atoms with Crippen molar-refractivity contribution in [3.05, 3.63) is 11.6 Å². The Bertz CT molecular complexity index is 263. The van der Waals surface area contributed by atoms with Gasteiger partial charge in [-0.15, -0.1) is 11.6 Å². The quantitative estimate of drug-likeness (QED) is 0.392. The summed E-state index contributed by atoms with van der Waals surface area (Å²) in [6.07, 6.45) is 3.22. The second-order valence-electron chi connectivity index (χ2n) is 4.07. The van der Waals surface area contributed by atoms with Crippen LogP contribution in [0.25, 0.3) is 0 Å². The van der Waals surface area contributed by atoms with E-state index < -0.39 is 5.92 Å². The third-order valence-corrected chi connectivity index (χ3v) is 2.89. The second-order valence-corrected chi connectivity index (χ2v) is 4.31. The summed E-state index contributed by atoms with van der Waals surface area (Å²) < 4.78 is 25.4. The molecule has 4 heteroatoms. The Hall–Kier alpha value is -0.440. The molecule has 14 heavy (non-hydrogen) atoms. The molecule has 0 aromatic rings. The van der Waals surface area contributed by atoms with E-state index in [1.54, 1.807) is 12.3 Å². The summed E-state index contributed by atoms with van der Waals surface area (Å²) in [6.45, 7) is 3.71. The monoisotopic (exact) mass is 221 g/mol. The molecule has 0 saturated heterocycles. The summed E-state index contributed by atoms with van der Waals surface area (Å²) >= 11 is 5.35. The number of halogens is 3. The normalized spacial score (nSPS) is 25.1. The SMILES string of the molecule is C/C(=C\C=N/CCl)C1(C)CC(F)(F)C1. The van der Waals surface area contributed by atoms with Gasteiger partial charge in [-0.05, 0) is 18.4 Å². The highest BCUT2D eigenvalue weighted by molar-refractivity contribution is 6.18. The van der Waals surface area contributed by atoms with Crippen molar-refractivity contribution in [2.75, 3.05) is 6.00 Å². The number of hydrogen-bond donors (Lipinski definition) is 0. The largest absolute Gasteiger partial charge is 0.277 e. The lowest BCUT2D eigenvalue weighted by atomic mass is 9.63. The molecule has 0 heterocycles. The summed E-state index contributed by atoms with van der Waals surface area (Å²) in [5.41, 5.74) is 0.583. The molecule has 0 aromatic heterocycles. The van der Waals surface area contributed by atoms with Gasteiger partial charge in [0, 0.05) is 19.1 Å². The Kier molecular flexibility index (Phi) is 3.30. The van der Waals surface area contributed by atoms with E-state index in [2.05, 4.69) is 4.99 Å². The van der Waals surface area contributed by atoms with E-state index in [9.17, 15) is 8.78 Å². The van der Waals surface area contributed by atoms with E-state index in [-0.39, 0.29) is 24.3 Å². The van der Waals surface area contributed by atoms with Crippen LogP contribution in [0.2, 0.25) is 0 Å². The third kappa shape index (κ3) is 2.53. The minimum atomic E-state index is -2.48. The molecule has 0 aliphatic heterocycles. The van der Waals surface area contributed by atoms with Crippen LogP contribution >= 0.6 is 11.6 Å². The van der Waals surface area contributed by atoms with Gasteiger partial charge in [-0.2, -0.15) is 0 Å². The number of allylic oxidation sites excluding steroid dienone is 2. The van der Waals surface area contributed by atoms with Crippen LogP contribution in [0.3, 0.4) is 0 Å². The predicted octanol–water partition coefficient (Wildman–Crippen LogP) is 3.64. The van der Waals surface area contributed by atoms with Crippen LogP contribution in [0.15, 0.2) is 16.6 Å². The Morgan fingerprint density at radius 2 is 2.07 bits per heavy atom. The summed E-state index contributed by atoms with van der Waals surface area (Å²) in [5, 5.41) is 0. The second kappa shape index (κ2) is 3.97. The number of aliphatic imine (C=N–C) groups is 1. The van der Waals surface area contributed by atoms with Crippen molar-refractivity contribution in [2.45, 2.75) is 32.6 Å². The van der Waals surface area contributed by atoms with E-state index in [0.717, 1.165) is 5.57 Å². The topological polar surface area (TPSA) is 12.4 Å². The molecule has 0 radical (unpaired) electrons. The zero-order chi connectivity index (χ0) is 10.8. The summed E-state index contributed by atoms with van der Waals surface area (Å²) in [7, 11) is 0. The summed E-state index contributed by atoms with van der Waals surface area (Å²) in [4.78, 5) is 3.80. The lowest BCUT2D eigenvalue weighted by molar-refractivity contribution is -0.138. The fraction of sp³-hybridized carbons (Fsp3) is 0.700. The zero-order valence-electron chi connectivity index (χ0n) is 8.36. The summed E-state index contributed by atoms with van der Waals surface area (Å²) in [5.74, 6) is -2.48. The first kappa shape index (κ1) is 11.6. The average molecular weight is 222 g/mol. The van der Waals surface area contributed by atoms with Crippen LogP contribution in [0.5, 0.6) is 0 Å². The highest BCUT2D eigenvalue weighted by Gasteiger charge is 2.54. The molecule has 0 aromatic carbocycles. The standard InChI is InChI=1S/C10H14ClF2N/c1-8(3-4-14-7-11)9(2)5-10(12,13)6-9/h3-4H,5-7H2,1-2H3/b8-3+,14-4-. The van der Waals surface area contributed by atoms with Gasteiger partial charge in [-0.3, -0.25) is 4.99 Å². The minimum absolute atomic E-state index is 0.0585. The van der Waals surface area contributed by atoms with Crippen molar-refractivity contribution in [1.29, 1.82) is 0 Å². The van der Waals surface area contributed by atoms with Crippen LogP contribution < -0.4 is 0 Å². The molecule has 80 valence electrons. The highest BCUT2D eigenvalue weighted by Crippen LogP contribution is 2.55. The maximum atomic E-state index is 12.7. The molecule has 0 spiro atoms. The predicted molar refractivity (Wildman–Crippen MR) is 55.3 cm³/mol. The molecule has 0 atom stereocenters. The molecule has 1 aliphatic carbocycles. The Balaban J connectivity index is 2.58. The van der Waals surface area contributed by atoms with E-state index in [0.29, 0.717) is 0 Å². The van der Waals surface area contributed by atoms with Gasteiger partial charge in [-0.1, -0.05) is 12.5 Å². The van der Waals surface area contributed by atoms with Crippen LogP contribution in [0.4, 0.5) is 8.78 Å². The maximum absolute atomic E-state index is 12.7. The van der Waals surface area contributed by atoms with Crippen LogP contribution in [-0.2, 0) is 0 Å². The van der Waals surface area contributed by atoms with Gasteiger partial charge in [0.25, 0.3) is 0 Å². The first-order chi connectivity index (χ1) is 6.40. The van der Waals surface area contributed by atoms with Crippen LogP contribution in [0, 0.1) is 5.41 Å². The molecule has 0 N–H and O–H groups in total. The molecule has 0 unspecified atom stereocenters. The van der Waals surface area contributed by atoms with Gasteiger partial charge in [0.15, 0.2) is 0 Å². The van der Waals surface area contributed by atoms with Gasteiger partial charge in [0.2, 0.25) is 5.92 Å². The molecule has 1 saturated carbocycles. The first-order valence-electron chi connectivity index (χ1n) is 4.51. The Labute approximate surface area is 87.9 Å². The molecule has 1 nitrogen and oxygen atoms in total. The van der Waals surface area contributed by atoms with Crippen molar-refractivity contribution < 1.29 is 8.78 Å². The van der Waals surface area contributed by atoms with Crippen LogP contribution in [0.1, 0.15) is 26.7 Å². The third-order valence-electron chi connectivity index (χ3n) is 2.75. The fourth-order valence-corrected chi connectivity index (χ4v) is 1.85. The minimum Gasteiger partial charge on any atom is -0.277 e. The molecular formula is C10H14ClF2N. The molecule has 0 amide bonds. The molecule has 1 rings (SSSR count). The van der Waals surface area contributed by atoms with Crippen LogP contribution in [-0.4, -0.2) is 18.1 Å². The lowest BCUT2D eigenvalue weighted by Crippen LogP contribution is -2.44. The molecule has 1 aliphatic rings. The highest BCUT2D eigenvalue weighted by atomic mass is 35.5. The average Bonchev–Trinajstić information content (AvgIpc) is 2.00. The summed E-state index contributed by atoms with van der Waals surface area (Å²) in [6, 6.07) is 0.205. The van der Waals surface area contributed by atoms with Gasteiger partial charge < -0.3 is 0 Å². The van der Waals surface area contributed by atoms with E-state index in [4.69, 9.17) is 11.6 Å². The van der Waals surface area contributed by atoms with Crippen molar-refractivity contribution in [3.8, 4) is 0 Å². The lowest BCUT2D eigenvalue weighted by Gasteiger charge is -2.45. The van der Waals surface area contributed by atoms with Gasteiger partial charge in [0.1, 0.15) is 6.00 Å². The smallest absolute Gasteiger partial charge is 0.249 e. The van der Waals surface area contributed by atoms with Crippen molar-refractivity contribution in [1.82, 2.24) is 0 Å². The molecule has 1 fully saturated rings. The van der Waals surface area contributed by atoms with Crippen molar-refractivity contribution in [2.24, 2.45) is 10.4 Å². The van der Waals surface area contributed by atoms with E-state index in [1.165, 1.54) is 0 Å². The number of rotatable bonds is 3. The van der Waals surface area contributed by atoms with Gasteiger partial charge in [-0.25, -0.2) is 8.78 Å². The van der Waals surface area contributed by atoms with Gasteiger partial charge >= 0.3 is 0 Å². The number of alkyl halides is 3. The maximum Gasteiger partial charge on any atom is 0.249 e. The Morgan fingerprint density at radius 1 is 1.50 bits per heavy atom. The molecular weight excluding hydrogens is 208 g/mol. The first-order valence-corrected chi connectivity index (χ1v) is 5.04. The fourth-order valence-electron chi connectivity index (χ4n) is 1.77. The van der Waals surface area contributed by atoms with E-state index >= 15 is 0 Å². The number of nitrogens with zero attached hydrogens (tertiary/aromatic N) is 1. The van der Waals surface area contributed by atoms with E-state index in [1.807, 2.05) is 13.8 Å². The zero-order valence-corrected chi connectivity index (χ0v) is 9.11.